The lowest BCUT2D eigenvalue weighted by molar-refractivity contribution is -0.143. The average Bonchev–Trinajstić information content (AvgIpc) is 2.78. The zero-order valence-corrected chi connectivity index (χ0v) is 18.8. The number of rotatable bonds is 6. The molecule has 4 nitrogen and oxygen atoms in total. The molecule has 5 atom stereocenters. The highest BCUT2D eigenvalue weighted by atomic mass is 16.5. The number of hydrogen-bond acceptors (Lipinski definition) is 4. The topological polar surface area (TPSA) is 52.6 Å². The van der Waals surface area contributed by atoms with Crippen molar-refractivity contribution in [1.29, 1.82) is 0 Å². The van der Waals surface area contributed by atoms with E-state index in [0.717, 1.165) is 22.6 Å². The van der Waals surface area contributed by atoms with Gasteiger partial charge in [0.15, 0.2) is 0 Å². The van der Waals surface area contributed by atoms with Crippen LogP contribution in [0.25, 0.3) is 0 Å². The molecule has 0 aromatic heterocycles. The highest BCUT2D eigenvalue weighted by Gasteiger charge is 2.57. The van der Waals surface area contributed by atoms with Gasteiger partial charge in [-0.3, -0.25) is 9.59 Å². The summed E-state index contributed by atoms with van der Waals surface area (Å²) in [5.74, 6) is 1.02. The maximum Gasteiger partial charge on any atom is 0.139 e. The average molecular weight is 409 g/mol. The lowest BCUT2D eigenvalue weighted by atomic mass is 9.49. The van der Waals surface area contributed by atoms with Gasteiger partial charge in [0.2, 0.25) is 0 Å². The first-order valence-corrected chi connectivity index (χ1v) is 10.6. The second kappa shape index (κ2) is 8.63. The highest BCUT2D eigenvalue weighted by Crippen LogP contribution is 2.58. The predicted molar refractivity (Wildman–Crippen MR) is 118 cm³/mol. The molecule has 2 aromatic carbocycles. The molecule has 0 amide bonds. The SMILES string of the molecule is CCC(=O)C1(C)[C@H](c2ccc(OC)cc2)[C@@H](C)C(=O)[C@@H](C)[C@@H]1c1ccc(OC)cc1. The molecule has 4 heteroatoms. The number of benzene rings is 2. The molecule has 0 N–H and O–H groups in total. The van der Waals surface area contributed by atoms with Crippen molar-refractivity contribution in [3.8, 4) is 11.5 Å². The number of carbonyl (C=O) groups is 2. The number of carbonyl (C=O) groups excluding carboxylic acids is 2. The van der Waals surface area contributed by atoms with E-state index in [9.17, 15) is 9.59 Å². The molecular weight excluding hydrogens is 376 g/mol. The van der Waals surface area contributed by atoms with Gasteiger partial charge in [0, 0.05) is 35.5 Å². The van der Waals surface area contributed by atoms with Crippen molar-refractivity contribution >= 4 is 11.6 Å². The van der Waals surface area contributed by atoms with Crippen LogP contribution in [0.2, 0.25) is 0 Å². The fraction of sp³-hybridized carbons (Fsp3) is 0.462. The van der Waals surface area contributed by atoms with E-state index in [-0.39, 0.29) is 35.2 Å². The first-order chi connectivity index (χ1) is 14.3. The Balaban J connectivity index is 2.20. The van der Waals surface area contributed by atoms with Crippen LogP contribution in [0.5, 0.6) is 11.5 Å². The van der Waals surface area contributed by atoms with E-state index >= 15 is 0 Å². The Morgan fingerprint density at radius 3 is 1.50 bits per heavy atom. The van der Waals surface area contributed by atoms with E-state index < -0.39 is 5.41 Å². The van der Waals surface area contributed by atoms with Crippen molar-refractivity contribution in [2.75, 3.05) is 14.2 Å². The van der Waals surface area contributed by atoms with Crippen molar-refractivity contribution < 1.29 is 19.1 Å². The fourth-order valence-electron chi connectivity index (χ4n) is 5.60. The molecule has 0 aliphatic heterocycles. The van der Waals surface area contributed by atoms with E-state index in [0.29, 0.717) is 6.42 Å². The van der Waals surface area contributed by atoms with Crippen LogP contribution in [0.1, 0.15) is 57.1 Å². The molecule has 0 spiro atoms. The number of ketones is 2. The van der Waals surface area contributed by atoms with Gasteiger partial charge in [-0.05, 0) is 35.4 Å². The van der Waals surface area contributed by atoms with E-state index in [2.05, 4.69) is 6.92 Å². The predicted octanol–water partition coefficient (Wildman–Crippen LogP) is 5.41. The van der Waals surface area contributed by atoms with Crippen molar-refractivity contribution in [3.05, 3.63) is 59.7 Å². The second-order valence-corrected chi connectivity index (χ2v) is 8.54. The van der Waals surface area contributed by atoms with Gasteiger partial charge in [-0.15, -0.1) is 0 Å². The van der Waals surface area contributed by atoms with E-state index in [1.54, 1.807) is 14.2 Å². The minimum Gasteiger partial charge on any atom is -0.497 e. The molecule has 1 unspecified atom stereocenters. The highest BCUT2D eigenvalue weighted by molar-refractivity contribution is 5.94. The van der Waals surface area contributed by atoms with E-state index in [1.165, 1.54) is 0 Å². The van der Waals surface area contributed by atoms with Gasteiger partial charge < -0.3 is 9.47 Å². The third kappa shape index (κ3) is 3.53. The fourth-order valence-corrected chi connectivity index (χ4v) is 5.60. The van der Waals surface area contributed by atoms with Gasteiger partial charge in [-0.25, -0.2) is 0 Å². The maximum atomic E-state index is 13.5. The smallest absolute Gasteiger partial charge is 0.139 e. The molecular formula is C26H32O4. The third-order valence-electron chi connectivity index (χ3n) is 7.06. The lowest BCUT2D eigenvalue weighted by Crippen LogP contribution is -2.52. The van der Waals surface area contributed by atoms with Gasteiger partial charge in [-0.2, -0.15) is 0 Å². The van der Waals surface area contributed by atoms with Crippen molar-refractivity contribution in [2.45, 2.75) is 46.0 Å². The molecule has 0 bridgehead atoms. The van der Waals surface area contributed by atoms with Crippen molar-refractivity contribution in [2.24, 2.45) is 17.3 Å². The first-order valence-electron chi connectivity index (χ1n) is 10.6. The van der Waals surface area contributed by atoms with Gasteiger partial charge in [0.1, 0.15) is 23.1 Å². The Hall–Kier alpha value is -2.62. The van der Waals surface area contributed by atoms with Crippen molar-refractivity contribution in [1.82, 2.24) is 0 Å². The second-order valence-electron chi connectivity index (χ2n) is 8.54. The molecule has 1 saturated carbocycles. The molecule has 1 aliphatic rings. The van der Waals surface area contributed by atoms with Crippen LogP contribution in [0.3, 0.4) is 0 Å². The van der Waals surface area contributed by atoms with Crippen LogP contribution in [-0.4, -0.2) is 25.8 Å². The van der Waals surface area contributed by atoms with Gasteiger partial charge in [0.25, 0.3) is 0 Å². The third-order valence-corrected chi connectivity index (χ3v) is 7.06. The van der Waals surface area contributed by atoms with Crippen LogP contribution in [0, 0.1) is 17.3 Å². The number of Topliss-reactive ketones (excluding diaryl/α,β-unsaturated/α-hetero) is 2. The standard InChI is InChI=1S/C26H32O4/c1-7-22(27)26(4)23(18-8-12-20(29-5)13-9-18)16(2)25(28)17(3)24(26)19-10-14-21(30-6)15-11-19/h8-17,23-24H,7H2,1-6H3/t16-,17+,23+,24-,26?. The first kappa shape index (κ1) is 22.1. The summed E-state index contributed by atoms with van der Waals surface area (Å²) < 4.78 is 10.6. The summed E-state index contributed by atoms with van der Waals surface area (Å²) in [6.45, 7) is 7.91. The Morgan fingerprint density at radius 2 is 1.20 bits per heavy atom. The summed E-state index contributed by atoms with van der Waals surface area (Å²) in [4.78, 5) is 26.9. The molecule has 1 aliphatic carbocycles. The monoisotopic (exact) mass is 408 g/mol. The van der Waals surface area contributed by atoms with Crippen LogP contribution in [0.15, 0.2) is 48.5 Å². The van der Waals surface area contributed by atoms with Crippen LogP contribution in [-0.2, 0) is 9.59 Å². The molecule has 0 radical (unpaired) electrons. The number of methoxy groups -OCH3 is 2. The van der Waals surface area contributed by atoms with E-state index in [4.69, 9.17) is 9.47 Å². The Morgan fingerprint density at radius 1 is 0.833 bits per heavy atom. The molecule has 0 heterocycles. The Bertz CT molecular complexity index is 834. The number of hydrogen-bond donors (Lipinski definition) is 0. The Kier molecular flexibility index (Phi) is 6.35. The maximum absolute atomic E-state index is 13.5. The lowest BCUT2D eigenvalue weighted by Gasteiger charge is -2.52. The minimum absolute atomic E-state index is 0.190. The molecule has 30 heavy (non-hydrogen) atoms. The molecule has 2 aromatic rings. The quantitative estimate of drug-likeness (QED) is 0.641. The van der Waals surface area contributed by atoms with Crippen molar-refractivity contribution in [3.63, 3.8) is 0 Å². The molecule has 1 fully saturated rings. The van der Waals surface area contributed by atoms with E-state index in [1.807, 2.05) is 69.3 Å². The Labute approximate surface area is 179 Å². The number of ether oxygens (including phenoxy) is 2. The summed E-state index contributed by atoms with van der Waals surface area (Å²) in [6, 6.07) is 15.6. The van der Waals surface area contributed by atoms with Gasteiger partial charge >= 0.3 is 0 Å². The van der Waals surface area contributed by atoms with Crippen LogP contribution < -0.4 is 9.47 Å². The summed E-state index contributed by atoms with van der Waals surface area (Å²) in [5, 5.41) is 0. The normalized spacial score (nSPS) is 28.8. The molecule has 0 saturated heterocycles. The summed E-state index contributed by atoms with van der Waals surface area (Å²) in [7, 11) is 3.27. The largest absolute Gasteiger partial charge is 0.497 e. The zero-order valence-electron chi connectivity index (χ0n) is 18.8. The van der Waals surface area contributed by atoms with Crippen LogP contribution >= 0.6 is 0 Å². The summed E-state index contributed by atoms with van der Waals surface area (Å²) in [5.41, 5.74) is 1.31. The zero-order chi connectivity index (χ0) is 22.1. The van der Waals surface area contributed by atoms with Crippen LogP contribution in [0.4, 0.5) is 0 Å². The summed E-state index contributed by atoms with van der Waals surface area (Å²) >= 11 is 0. The minimum atomic E-state index is -0.704. The van der Waals surface area contributed by atoms with Gasteiger partial charge in [-0.1, -0.05) is 52.0 Å². The van der Waals surface area contributed by atoms with Gasteiger partial charge in [0.05, 0.1) is 14.2 Å². The molecule has 3 rings (SSSR count). The summed E-state index contributed by atoms with van der Waals surface area (Å²) in [6.07, 6.45) is 0.434. The molecule has 160 valence electrons.